The van der Waals surface area contributed by atoms with Crippen molar-refractivity contribution in [1.82, 2.24) is 9.29 Å². The summed E-state index contributed by atoms with van der Waals surface area (Å²) in [7, 11) is -3.88. The van der Waals surface area contributed by atoms with Gasteiger partial charge in [0.05, 0.1) is 0 Å². The quantitative estimate of drug-likeness (QED) is 0.851. The molecule has 0 amide bonds. The second-order valence-corrected chi connectivity index (χ2v) is 7.88. The van der Waals surface area contributed by atoms with E-state index >= 15 is 0 Å². The highest BCUT2D eigenvalue weighted by molar-refractivity contribution is 9.10. The van der Waals surface area contributed by atoms with E-state index < -0.39 is 21.5 Å². The molecular formula is C13H17BrN2O4S. The number of aliphatic carboxylic acids is 1. The third-order valence-electron chi connectivity index (χ3n) is 3.76. The standard InChI is InChI=1S/C13H17BrN2O4S/c1-2-4-13(12(17)18)5-3-6-16(13)21(19,20)11-7-10(14)8-15-9-11/h7-9H,2-6H2,1H3,(H,17,18). The van der Waals surface area contributed by atoms with Gasteiger partial charge in [-0.15, -0.1) is 0 Å². The third-order valence-corrected chi connectivity index (χ3v) is 6.12. The van der Waals surface area contributed by atoms with Gasteiger partial charge in [0.1, 0.15) is 10.4 Å². The van der Waals surface area contributed by atoms with Crippen LogP contribution in [0.2, 0.25) is 0 Å². The summed E-state index contributed by atoms with van der Waals surface area (Å²) in [5, 5.41) is 9.60. The molecule has 21 heavy (non-hydrogen) atoms. The van der Waals surface area contributed by atoms with Gasteiger partial charge in [0.25, 0.3) is 0 Å². The molecule has 1 N–H and O–H groups in total. The zero-order valence-electron chi connectivity index (χ0n) is 11.6. The highest BCUT2D eigenvalue weighted by Gasteiger charge is 2.52. The van der Waals surface area contributed by atoms with Crippen molar-refractivity contribution in [2.45, 2.75) is 43.0 Å². The van der Waals surface area contributed by atoms with Gasteiger partial charge in [-0.05, 0) is 41.3 Å². The molecular weight excluding hydrogens is 360 g/mol. The Labute approximate surface area is 132 Å². The molecule has 8 heteroatoms. The van der Waals surface area contributed by atoms with E-state index in [0.717, 1.165) is 4.31 Å². The van der Waals surface area contributed by atoms with E-state index in [1.165, 1.54) is 18.5 Å². The van der Waals surface area contributed by atoms with E-state index in [-0.39, 0.29) is 11.4 Å². The first-order chi connectivity index (χ1) is 9.84. The van der Waals surface area contributed by atoms with Gasteiger partial charge in [0.15, 0.2) is 0 Å². The molecule has 1 aromatic rings. The van der Waals surface area contributed by atoms with Crippen molar-refractivity contribution in [1.29, 1.82) is 0 Å². The smallest absolute Gasteiger partial charge is 0.325 e. The number of carbonyl (C=O) groups is 1. The Morgan fingerprint density at radius 2 is 2.24 bits per heavy atom. The lowest BCUT2D eigenvalue weighted by Gasteiger charge is -2.33. The molecule has 0 aliphatic carbocycles. The van der Waals surface area contributed by atoms with Crippen molar-refractivity contribution < 1.29 is 18.3 Å². The van der Waals surface area contributed by atoms with Crippen LogP contribution >= 0.6 is 15.9 Å². The molecule has 1 fully saturated rings. The Kier molecular flexibility index (Phi) is 4.69. The van der Waals surface area contributed by atoms with Gasteiger partial charge >= 0.3 is 5.97 Å². The number of halogens is 1. The molecule has 0 bridgehead atoms. The predicted octanol–water partition coefficient (Wildman–Crippen LogP) is 2.25. The summed E-state index contributed by atoms with van der Waals surface area (Å²) < 4.78 is 27.2. The van der Waals surface area contributed by atoms with Gasteiger partial charge in [0.2, 0.25) is 10.0 Å². The van der Waals surface area contributed by atoms with E-state index in [2.05, 4.69) is 20.9 Å². The predicted molar refractivity (Wildman–Crippen MR) is 80.3 cm³/mol. The Hall–Kier alpha value is -0.990. The summed E-state index contributed by atoms with van der Waals surface area (Å²) in [4.78, 5) is 15.6. The molecule has 2 rings (SSSR count). The summed E-state index contributed by atoms with van der Waals surface area (Å²) in [6.45, 7) is 2.08. The van der Waals surface area contributed by atoms with Crippen molar-refractivity contribution in [3.63, 3.8) is 0 Å². The van der Waals surface area contributed by atoms with Crippen LogP contribution in [-0.2, 0) is 14.8 Å². The normalized spacial score (nSPS) is 23.3. The first kappa shape index (κ1) is 16.4. The fraction of sp³-hybridized carbons (Fsp3) is 0.538. The number of aromatic nitrogens is 1. The number of carboxylic acid groups (broad SMARTS) is 1. The van der Waals surface area contributed by atoms with Crippen LogP contribution in [0.15, 0.2) is 27.8 Å². The van der Waals surface area contributed by atoms with Gasteiger partial charge in [-0.25, -0.2) is 8.42 Å². The average Bonchev–Trinajstić information content (AvgIpc) is 2.85. The highest BCUT2D eigenvalue weighted by atomic mass is 79.9. The van der Waals surface area contributed by atoms with Crippen molar-refractivity contribution in [3.8, 4) is 0 Å². The van der Waals surface area contributed by atoms with Crippen LogP contribution in [0.5, 0.6) is 0 Å². The maximum atomic E-state index is 12.8. The number of rotatable bonds is 5. The van der Waals surface area contributed by atoms with Gasteiger partial charge in [-0.1, -0.05) is 13.3 Å². The molecule has 116 valence electrons. The van der Waals surface area contributed by atoms with Crippen LogP contribution in [0.3, 0.4) is 0 Å². The minimum atomic E-state index is -3.88. The minimum absolute atomic E-state index is 0.0144. The molecule has 2 heterocycles. The molecule has 1 saturated heterocycles. The fourth-order valence-electron chi connectivity index (χ4n) is 2.85. The molecule has 0 radical (unpaired) electrons. The Morgan fingerprint density at radius 3 is 2.81 bits per heavy atom. The molecule has 0 spiro atoms. The molecule has 1 atom stereocenters. The molecule has 0 saturated carbocycles. The molecule has 6 nitrogen and oxygen atoms in total. The Morgan fingerprint density at radius 1 is 1.52 bits per heavy atom. The molecule has 1 unspecified atom stereocenters. The van der Waals surface area contributed by atoms with Crippen molar-refractivity contribution >= 4 is 31.9 Å². The van der Waals surface area contributed by atoms with Gasteiger partial charge in [-0.2, -0.15) is 4.31 Å². The first-order valence-corrected chi connectivity index (χ1v) is 8.94. The highest BCUT2D eigenvalue weighted by Crippen LogP contribution is 2.38. The SMILES string of the molecule is CCCC1(C(=O)O)CCCN1S(=O)(=O)c1cncc(Br)c1. The van der Waals surface area contributed by atoms with Crippen LogP contribution in [-0.4, -0.2) is 40.9 Å². The van der Waals surface area contributed by atoms with Crippen LogP contribution in [0.25, 0.3) is 0 Å². The minimum Gasteiger partial charge on any atom is -0.480 e. The zero-order valence-corrected chi connectivity index (χ0v) is 14.0. The lowest BCUT2D eigenvalue weighted by Crippen LogP contribution is -2.52. The van der Waals surface area contributed by atoms with Crippen LogP contribution in [0.1, 0.15) is 32.6 Å². The van der Waals surface area contributed by atoms with Crippen LogP contribution in [0, 0.1) is 0 Å². The second kappa shape index (κ2) is 6.02. The molecule has 1 aromatic heterocycles. The maximum Gasteiger partial charge on any atom is 0.325 e. The number of nitrogens with zero attached hydrogens (tertiary/aromatic N) is 2. The van der Waals surface area contributed by atoms with Gasteiger partial charge in [0, 0.05) is 23.4 Å². The average molecular weight is 377 g/mol. The summed E-state index contributed by atoms with van der Waals surface area (Å²) in [6.07, 6.45) is 4.54. The summed E-state index contributed by atoms with van der Waals surface area (Å²) in [5.41, 5.74) is -1.34. The number of hydrogen-bond acceptors (Lipinski definition) is 4. The zero-order chi connectivity index (χ0) is 15.7. The fourth-order valence-corrected chi connectivity index (χ4v) is 5.18. The Bertz CT molecular complexity index is 649. The van der Waals surface area contributed by atoms with Crippen molar-refractivity contribution in [2.24, 2.45) is 0 Å². The molecule has 1 aliphatic heterocycles. The van der Waals surface area contributed by atoms with Gasteiger partial charge in [-0.3, -0.25) is 9.78 Å². The van der Waals surface area contributed by atoms with Crippen molar-refractivity contribution in [2.75, 3.05) is 6.54 Å². The Balaban J connectivity index is 2.50. The first-order valence-electron chi connectivity index (χ1n) is 6.71. The molecule has 0 aromatic carbocycles. The van der Waals surface area contributed by atoms with Crippen LogP contribution < -0.4 is 0 Å². The van der Waals surface area contributed by atoms with E-state index in [0.29, 0.717) is 30.2 Å². The van der Waals surface area contributed by atoms with E-state index in [1.807, 2.05) is 6.92 Å². The third kappa shape index (κ3) is 2.84. The lowest BCUT2D eigenvalue weighted by molar-refractivity contribution is -0.147. The lowest BCUT2D eigenvalue weighted by atomic mass is 9.92. The topological polar surface area (TPSA) is 87.6 Å². The van der Waals surface area contributed by atoms with E-state index in [4.69, 9.17) is 0 Å². The van der Waals surface area contributed by atoms with E-state index in [1.54, 1.807) is 0 Å². The maximum absolute atomic E-state index is 12.8. The summed E-state index contributed by atoms with van der Waals surface area (Å²) >= 11 is 3.19. The number of pyridine rings is 1. The second-order valence-electron chi connectivity index (χ2n) is 5.11. The summed E-state index contributed by atoms with van der Waals surface area (Å²) in [5.74, 6) is -1.08. The number of sulfonamides is 1. The molecule has 1 aliphatic rings. The largest absolute Gasteiger partial charge is 0.480 e. The summed E-state index contributed by atoms with van der Waals surface area (Å²) in [6, 6.07) is 1.44. The van der Waals surface area contributed by atoms with Gasteiger partial charge < -0.3 is 5.11 Å². The monoisotopic (exact) mass is 376 g/mol. The van der Waals surface area contributed by atoms with Crippen LogP contribution in [0.4, 0.5) is 0 Å². The van der Waals surface area contributed by atoms with Crippen molar-refractivity contribution in [3.05, 3.63) is 22.9 Å². The number of carboxylic acids is 1. The van der Waals surface area contributed by atoms with E-state index in [9.17, 15) is 18.3 Å². The number of hydrogen-bond donors (Lipinski definition) is 1.